The van der Waals surface area contributed by atoms with Crippen LogP contribution in [0.4, 0.5) is 0 Å². The van der Waals surface area contributed by atoms with Crippen molar-refractivity contribution in [2.24, 2.45) is 0 Å². The van der Waals surface area contributed by atoms with E-state index in [4.69, 9.17) is 0 Å². The lowest BCUT2D eigenvalue weighted by molar-refractivity contribution is 0.387. The molecule has 0 bridgehead atoms. The van der Waals surface area contributed by atoms with Gasteiger partial charge in [0.25, 0.3) is 0 Å². The van der Waals surface area contributed by atoms with Crippen LogP contribution < -0.4 is 10.9 Å². The monoisotopic (exact) mass is 112 g/mol. The zero-order chi connectivity index (χ0) is 5.82. The van der Waals surface area contributed by atoms with Crippen LogP contribution in [0, 0.1) is 0 Å². The molecule has 0 aromatic rings. The highest BCUT2D eigenvalue weighted by molar-refractivity contribution is 4.85. The van der Waals surface area contributed by atoms with E-state index in [1.165, 1.54) is 12.8 Å². The second-order valence-corrected chi connectivity index (χ2v) is 2.06. The van der Waals surface area contributed by atoms with Crippen molar-refractivity contribution >= 4 is 0 Å². The molecule has 0 unspecified atom stereocenters. The quantitative estimate of drug-likeness (QED) is 0.481. The van der Waals surface area contributed by atoms with Crippen molar-refractivity contribution in [1.82, 2.24) is 10.9 Å². The fourth-order valence-corrected chi connectivity index (χ4v) is 0.863. The predicted molar refractivity (Wildman–Crippen MR) is 34.4 cm³/mol. The van der Waals surface area contributed by atoms with E-state index in [0.29, 0.717) is 6.04 Å². The summed E-state index contributed by atoms with van der Waals surface area (Å²) in [6, 6.07) is 0.490. The second kappa shape index (κ2) is 2.84. The lowest BCUT2D eigenvalue weighted by Crippen LogP contribution is -2.44. The van der Waals surface area contributed by atoms with E-state index in [1.54, 1.807) is 0 Å². The molecule has 2 N–H and O–H groups in total. The smallest absolute Gasteiger partial charge is 0.0390 e. The van der Waals surface area contributed by atoms with Gasteiger partial charge in [0, 0.05) is 12.6 Å². The first-order valence-corrected chi connectivity index (χ1v) is 3.04. The molecule has 0 aromatic carbocycles. The highest BCUT2D eigenvalue weighted by Crippen LogP contribution is 1.99. The Kier molecular flexibility index (Phi) is 2.06. The third-order valence-corrected chi connectivity index (χ3v) is 1.39. The minimum absolute atomic E-state index is 0.490. The SMILES string of the molecule is C=C[C@@H]1CCCNN1. The first kappa shape index (κ1) is 5.79. The topological polar surface area (TPSA) is 24.1 Å². The molecular formula is C6H12N2. The molecule has 1 rings (SSSR count). The van der Waals surface area contributed by atoms with Crippen LogP contribution in [0.3, 0.4) is 0 Å². The minimum Gasteiger partial charge on any atom is -0.257 e. The fourth-order valence-electron chi connectivity index (χ4n) is 0.863. The fraction of sp³-hybridized carbons (Fsp3) is 0.667. The first-order chi connectivity index (χ1) is 3.93. The standard InChI is InChI=1S/C6H12N2/c1-2-6-4-3-5-7-8-6/h2,6-8H,1,3-5H2/t6-/m1/s1. The van der Waals surface area contributed by atoms with Gasteiger partial charge < -0.3 is 0 Å². The maximum atomic E-state index is 3.68. The van der Waals surface area contributed by atoms with Crippen molar-refractivity contribution in [2.45, 2.75) is 18.9 Å². The van der Waals surface area contributed by atoms with E-state index in [2.05, 4.69) is 17.4 Å². The van der Waals surface area contributed by atoms with Crippen LogP contribution in [0.1, 0.15) is 12.8 Å². The molecule has 2 heteroatoms. The normalized spacial score (nSPS) is 29.8. The summed E-state index contributed by atoms with van der Waals surface area (Å²) in [6.07, 6.45) is 4.41. The number of hydrogen-bond donors (Lipinski definition) is 2. The summed E-state index contributed by atoms with van der Waals surface area (Å²) in [5.41, 5.74) is 6.17. The van der Waals surface area contributed by atoms with Crippen LogP contribution in [0.25, 0.3) is 0 Å². The highest BCUT2D eigenvalue weighted by Gasteiger charge is 2.05. The molecule has 1 fully saturated rings. The maximum Gasteiger partial charge on any atom is 0.0390 e. The molecular weight excluding hydrogens is 100 g/mol. The summed E-state index contributed by atoms with van der Waals surface area (Å²) < 4.78 is 0. The Balaban J connectivity index is 2.22. The zero-order valence-electron chi connectivity index (χ0n) is 4.98. The molecule has 46 valence electrons. The molecule has 1 heterocycles. The van der Waals surface area contributed by atoms with Crippen molar-refractivity contribution in [3.05, 3.63) is 12.7 Å². The summed E-state index contributed by atoms with van der Waals surface area (Å²) in [5.74, 6) is 0. The Morgan fingerprint density at radius 3 is 2.88 bits per heavy atom. The lowest BCUT2D eigenvalue weighted by Gasteiger charge is -2.20. The second-order valence-electron chi connectivity index (χ2n) is 2.06. The number of nitrogens with one attached hydrogen (secondary N) is 2. The van der Waals surface area contributed by atoms with E-state index >= 15 is 0 Å². The molecule has 2 nitrogen and oxygen atoms in total. The molecule has 0 spiro atoms. The van der Waals surface area contributed by atoms with E-state index < -0.39 is 0 Å². The van der Waals surface area contributed by atoms with Gasteiger partial charge in [0.2, 0.25) is 0 Å². The van der Waals surface area contributed by atoms with Crippen molar-refractivity contribution in [1.29, 1.82) is 0 Å². The van der Waals surface area contributed by atoms with Crippen LogP contribution in [-0.4, -0.2) is 12.6 Å². The number of hydrogen-bond acceptors (Lipinski definition) is 2. The van der Waals surface area contributed by atoms with Crippen molar-refractivity contribution in [2.75, 3.05) is 6.54 Å². The van der Waals surface area contributed by atoms with Crippen LogP contribution >= 0.6 is 0 Å². The lowest BCUT2D eigenvalue weighted by atomic mass is 10.1. The molecule has 8 heavy (non-hydrogen) atoms. The average molecular weight is 112 g/mol. The Hall–Kier alpha value is -0.340. The summed E-state index contributed by atoms with van der Waals surface area (Å²) in [7, 11) is 0. The van der Waals surface area contributed by atoms with Crippen molar-refractivity contribution < 1.29 is 0 Å². The van der Waals surface area contributed by atoms with Crippen LogP contribution in [-0.2, 0) is 0 Å². The Labute approximate surface area is 49.9 Å². The Morgan fingerprint density at radius 1 is 1.62 bits per heavy atom. The largest absolute Gasteiger partial charge is 0.257 e. The summed E-state index contributed by atoms with van der Waals surface area (Å²) in [4.78, 5) is 0. The van der Waals surface area contributed by atoms with Gasteiger partial charge in [0.05, 0.1) is 0 Å². The van der Waals surface area contributed by atoms with E-state index in [1.807, 2.05) is 6.08 Å². The third kappa shape index (κ3) is 1.32. The molecule has 0 amide bonds. The number of rotatable bonds is 1. The predicted octanol–water partition coefficient (Wildman–Crippen LogP) is 0.429. The molecule has 0 radical (unpaired) electrons. The van der Waals surface area contributed by atoms with Crippen LogP contribution in [0.5, 0.6) is 0 Å². The summed E-state index contributed by atoms with van der Waals surface area (Å²) >= 11 is 0. The van der Waals surface area contributed by atoms with Gasteiger partial charge in [0.15, 0.2) is 0 Å². The van der Waals surface area contributed by atoms with Gasteiger partial charge in [0.1, 0.15) is 0 Å². The molecule has 0 aliphatic carbocycles. The molecule has 0 saturated carbocycles. The average Bonchev–Trinajstić information content (AvgIpc) is 1.90. The third-order valence-electron chi connectivity index (χ3n) is 1.39. The molecule has 1 saturated heterocycles. The maximum absolute atomic E-state index is 3.68. The Bertz CT molecular complexity index is 74.6. The van der Waals surface area contributed by atoms with Gasteiger partial charge in [-0.15, -0.1) is 6.58 Å². The van der Waals surface area contributed by atoms with E-state index in [-0.39, 0.29) is 0 Å². The van der Waals surface area contributed by atoms with Gasteiger partial charge in [-0.05, 0) is 12.8 Å². The summed E-state index contributed by atoms with van der Waals surface area (Å²) in [6.45, 7) is 4.77. The minimum atomic E-state index is 0.490. The Morgan fingerprint density at radius 2 is 2.50 bits per heavy atom. The van der Waals surface area contributed by atoms with Gasteiger partial charge in [-0.2, -0.15) is 0 Å². The van der Waals surface area contributed by atoms with Gasteiger partial charge in [-0.1, -0.05) is 6.08 Å². The zero-order valence-corrected chi connectivity index (χ0v) is 4.98. The first-order valence-electron chi connectivity index (χ1n) is 3.04. The molecule has 0 aromatic heterocycles. The van der Waals surface area contributed by atoms with Gasteiger partial charge >= 0.3 is 0 Å². The molecule has 1 atom stereocenters. The highest BCUT2D eigenvalue weighted by atomic mass is 15.4. The van der Waals surface area contributed by atoms with Crippen LogP contribution in [0.2, 0.25) is 0 Å². The van der Waals surface area contributed by atoms with E-state index in [0.717, 1.165) is 6.54 Å². The van der Waals surface area contributed by atoms with Gasteiger partial charge in [-0.25, -0.2) is 0 Å². The molecule has 1 aliphatic heterocycles. The van der Waals surface area contributed by atoms with Crippen molar-refractivity contribution in [3.63, 3.8) is 0 Å². The number of hydrazine groups is 1. The van der Waals surface area contributed by atoms with Gasteiger partial charge in [-0.3, -0.25) is 10.9 Å². The van der Waals surface area contributed by atoms with Crippen LogP contribution in [0.15, 0.2) is 12.7 Å². The van der Waals surface area contributed by atoms with Crippen molar-refractivity contribution in [3.8, 4) is 0 Å². The van der Waals surface area contributed by atoms with E-state index in [9.17, 15) is 0 Å². The summed E-state index contributed by atoms with van der Waals surface area (Å²) in [5, 5.41) is 0. The molecule has 1 aliphatic rings.